The molecule has 0 fully saturated rings. The Kier molecular flexibility index (Phi) is 6.67. The molecule has 1 aromatic carbocycles. The molecule has 1 aliphatic rings. The summed E-state index contributed by atoms with van der Waals surface area (Å²) < 4.78 is 10.7. The van der Waals surface area contributed by atoms with Crippen LogP contribution >= 0.6 is 11.8 Å². The molecule has 150 valence electrons. The third kappa shape index (κ3) is 4.70. The minimum atomic E-state index is -0.113. The topological polar surface area (TPSA) is 67.5 Å². The SMILES string of the molecule is COc1ccc(Cc2nc(SC3C=CCCC3)[nH]c(=O)c2N(C)C)cc1OC. The zero-order chi connectivity index (χ0) is 20.1. The summed E-state index contributed by atoms with van der Waals surface area (Å²) in [6.07, 6.45) is 8.36. The summed E-state index contributed by atoms with van der Waals surface area (Å²) in [6.45, 7) is 0. The second-order valence-corrected chi connectivity index (χ2v) is 8.17. The standard InChI is InChI=1S/C21H27N3O3S/c1-24(2)19-16(12-14-10-11-17(26-3)18(13-14)27-4)22-21(23-20(19)25)28-15-8-6-5-7-9-15/h6,8,10-11,13,15H,5,7,9,12H2,1-4H3,(H,22,23,25). The maximum Gasteiger partial charge on any atom is 0.275 e. The fraction of sp³-hybridized carbons (Fsp3) is 0.429. The van der Waals surface area contributed by atoms with E-state index in [0.717, 1.165) is 24.1 Å². The lowest BCUT2D eigenvalue weighted by Crippen LogP contribution is -2.25. The van der Waals surface area contributed by atoms with Crippen molar-refractivity contribution < 1.29 is 9.47 Å². The first-order valence-corrected chi connectivity index (χ1v) is 10.2. The van der Waals surface area contributed by atoms with Crippen molar-refractivity contribution in [2.24, 2.45) is 0 Å². The fourth-order valence-electron chi connectivity index (χ4n) is 3.34. The van der Waals surface area contributed by atoms with Crippen LogP contribution in [0.4, 0.5) is 5.69 Å². The molecule has 1 heterocycles. The Morgan fingerprint density at radius 3 is 2.68 bits per heavy atom. The lowest BCUT2D eigenvalue weighted by atomic mass is 10.1. The molecule has 6 nitrogen and oxygen atoms in total. The number of methoxy groups -OCH3 is 2. The number of rotatable bonds is 7. The number of ether oxygens (including phenoxy) is 2. The van der Waals surface area contributed by atoms with Gasteiger partial charge in [-0.2, -0.15) is 0 Å². The van der Waals surface area contributed by atoms with Gasteiger partial charge in [-0.3, -0.25) is 9.78 Å². The molecule has 3 rings (SSSR count). The Bertz CT molecular complexity index is 908. The fourth-order valence-corrected chi connectivity index (χ4v) is 4.41. The smallest absolute Gasteiger partial charge is 0.275 e. The number of nitrogens with zero attached hydrogens (tertiary/aromatic N) is 2. The van der Waals surface area contributed by atoms with E-state index >= 15 is 0 Å². The van der Waals surface area contributed by atoms with Crippen molar-refractivity contribution >= 4 is 17.4 Å². The molecule has 1 N–H and O–H groups in total. The third-order valence-electron chi connectivity index (χ3n) is 4.69. The molecule has 0 spiro atoms. The zero-order valence-electron chi connectivity index (χ0n) is 16.8. The van der Waals surface area contributed by atoms with Crippen LogP contribution in [0.3, 0.4) is 0 Å². The van der Waals surface area contributed by atoms with Crippen molar-refractivity contribution in [2.45, 2.75) is 36.1 Å². The van der Waals surface area contributed by atoms with Gasteiger partial charge in [0.25, 0.3) is 5.56 Å². The Hall–Kier alpha value is -2.41. The lowest BCUT2D eigenvalue weighted by Gasteiger charge is -2.19. The molecule has 1 aliphatic carbocycles. The average molecular weight is 402 g/mol. The van der Waals surface area contributed by atoms with Gasteiger partial charge in [-0.15, -0.1) is 0 Å². The Labute approximate surface area is 170 Å². The van der Waals surface area contributed by atoms with Gasteiger partial charge in [-0.1, -0.05) is 30.0 Å². The molecule has 28 heavy (non-hydrogen) atoms. The summed E-state index contributed by atoms with van der Waals surface area (Å²) in [5.74, 6) is 1.34. The predicted molar refractivity (Wildman–Crippen MR) is 114 cm³/mol. The van der Waals surface area contributed by atoms with E-state index in [1.54, 1.807) is 26.0 Å². The Morgan fingerprint density at radius 2 is 2.04 bits per heavy atom. The summed E-state index contributed by atoms with van der Waals surface area (Å²) in [7, 11) is 6.95. The van der Waals surface area contributed by atoms with Crippen LogP contribution in [-0.2, 0) is 6.42 Å². The van der Waals surface area contributed by atoms with Crippen LogP contribution in [0.1, 0.15) is 30.5 Å². The highest BCUT2D eigenvalue weighted by Crippen LogP contribution is 2.31. The van der Waals surface area contributed by atoms with E-state index in [9.17, 15) is 4.79 Å². The third-order valence-corrected chi connectivity index (χ3v) is 5.80. The molecular formula is C21H27N3O3S. The summed E-state index contributed by atoms with van der Waals surface area (Å²) in [5.41, 5.74) is 2.23. The number of thioether (sulfide) groups is 1. The van der Waals surface area contributed by atoms with Crippen LogP contribution in [0.2, 0.25) is 0 Å². The van der Waals surface area contributed by atoms with Crippen molar-refractivity contribution in [3.05, 3.63) is 52.0 Å². The van der Waals surface area contributed by atoms with Gasteiger partial charge in [-0.25, -0.2) is 4.98 Å². The van der Waals surface area contributed by atoms with E-state index in [1.165, 1.54) is 6.42 Å². The van der Waals surface area contributed by atoms with Gasteiger partial charge < -0.3 is 14.4 Å². The van der Waals surface area contributed by atoms with E-state index in [-0.39, 0.29) is 5.56 Å². The van der Waals surface area contributed by atoms with E-state index in [2.05, 4.69) is 17.1 Å². The molecule has 7 heteroatoms. The van der Waals surface area contributed by atoms with Gasteiger partial charge >= 0.3 is 0 Å². The number of anilines is 1. The summed E-state index contributed by atoms with van der Waals surface area (Å²) >= 11 is 1.62. The Balaban J connectivity index is 1.94. The molecule has 2 aromatic rings. The second kappa shape index (κ2) is 9.19. The minimum Gasteiger partial charge on any atom is -0.493 e. The predicted octanol–water partition coefficient (Wildman–Crippen LogP) is 3.64. The summed E-state index contributed by atoms with van der Waals surface area (Å²) in [4.78, 5) is 22.3. The van der Waals surface area contributed by atoms with E-state index < -0.39 is 0 Å². The molecule has 0 bridgehead atoms. The normalized spacial score (nSPS) is 16.1. The maximum absolute atomic E-state index is 12.7. The number of nitrogens with one attached hydrogen (secondary N) is 1. The quantitative estimate of drug-likeness (QED) is 0.564. The number of benzene rings is 1. The van der Waals surface area contributed by atoms with Crippen LogP contribution in [0.15, 0.2) is 40.3 Å². The molecule has 1 unspecified atom stereocenters. The highest BCUT2D eigenvalue weighted by atomic mass is 32.2. The minimum absolute atomic E-state index is 0.113. The zero-order valence-corrected chi connectivity index (χ0v) is 17.6. The van der Waals surface area contributed by atoms with Crippen molar-refractivity contribution in [2.75, 3.05) is 33.2 Å². The largest absolute Gasteiger partial charge is 0.493 e. The summed E-state index contributed by atoms with van der Waals surface area (Å²) in [6, 6.07) is 5.78. The molecule has 1 atom stereocenters. The van der Waals surface area contributed by atoms with E-state index in [1.807, 2.05) is 37.2 Å². The average Bonchev–Trinajstić information content (AvgIpc) is 2.68. The number of H-pyrrole nitrogens is 1. The maximum atomic E-state index is 12.7. The first-order chi connectivity index (χ1) is 13.5. The number of aromatic amines is 1. The van der Waals surface area contributed by atoms with Crippen LogP contribution in [-0.4, -0.2) is 43.5 Å². The molecule has 0 saturated heterocycles. The summed E-state index contributed by atoms with van der Waals surface area (Å²) in [5, 5.41) is 1.03. The highest BCUT2D eigenvalue weighted by molar-refractivity contribution is 7.99. The molecule has 0 amide bonds. The first kappa shape index (κ1) is 20.3. The van der Waals surface area contributed by atoms with Crippen LogP contribution in [0.25, 0.3) is 0 Å². The van der Waals surface area contributed by atoms with Gasteiger partial charge in [-0.05, 0) is 37.0 Å². The first-order valence-electron chi connectivity index (χ1n) is 9.36. The second-order valence-electron chi connectivity index (χ2n) is 6.94. The molecule has 0 radical (unpaired) electrons. The number of hydrogen-bond donors (Lipinski definition) is 1. The van der Waals surface area contributed by atoms with Gasteiger partial charge in [0.15, 0.2) is 16.7 Å². The Morgan fingerprint density at radius 1 is 1.25 bits per heavy atom. The van der Waals surface area contributed by atoms with E-state index in [0.29, 0.717) is 34.0 Å². The van der Waals surface area contributed by atoms with Crippen molar-refractivity contribution in [1.82, 2.24) is 9.97 Å². The van der Waals surface area contributed by atoms with Crippen LogP contribution in [0.5, 0.6) is 11.5 Å². The van der Waals surface area contributed by atoms with Crippen molar-refractivity contribution in [3.63, 3.8) is 0 Å². The van der Waals surface area contributed by atoms with Gasteiger partial charge in [0.2, 0.25) is 0 Å². The van der Waals surface area contributed by atoms with Crippen LogP contribution in [0, 0.1) is 0 Å². The van der Waals surface area contributed by atoms with Crippen molar-refractivity contribution in [3.8, 4) is 11.5 Å². The molecule has 1 aromatic heterocycles. The monoisotopic (exact) mass is 401 g/mol. The van der Waals surface area contributed by atoms with Crippen LogP contribution < -0.4 is 19.9 Å². The highest BCUT2D eigenvalue weighted by Gasteiger charge is 2.18. The number of aromatic nitrogens is 2. The molecular weight excluding hydrogens is 374 g/mol. The van der Waals surface area contributed by atoms with Gasteiger partial charge in [0.1, 0.15) is 5.69 Å². The van der Waals surface area contributed by atoms with Crippen molar-refractivity contribution in [1.29, 1.82) is 0 Å². The number of allylic oxidation sites excluding steroid dienone is 1. The molecule has 0 aliphatic heterocycles. The van der Waals surface area contributed by atoms with Gasteiger partial charge in [0.05, 0.1) is 19.9 Å². The number of hydrogen-bond acceptors (Lipinski definition) is 6. The molecule has 0 saturated carbocycles. The lowest BCUT2D eigenvalue weighted by molar-refractivity contribution is 0.354. The van der Waals surface area contributed by atoms with E-state index in [4.69, 9.17) is 14.5 Å². The van der Waals surface area contributed by atoms with Gasteiger partial charge in [0, 0.05) is 25.8 Å².